The van der Waals surface area contributed by atoms with Gasteiger partial charge in [0.15, 0.2) is 0 Å². The quantitative estimate of drug-likeness (QED) is 0.893. The third kappa shape index (κ3) is 3.08. The van der Waals surface area contributed by atoms with Crippen LogP contribution in [0.1, 0.15) is 51.0 Å². The summed E-state index contributed by atoms with van der Waals surface area (Å²) in [6.45, 7) is 2.11. The summed E-state index contributed by atoms with van der Waals surface area (Å²) >= 11 is 0. The number of sulfonamides is 1. The average Bonchev–Trinajstić information content (AvgIpc) is 2.45. The van der Waals surface area contributed by atoms with Gasteiger partial charge in [-0.25, -0.2) is 13.1 Å². The molecular formula is C19H27NO2S. The van der Waals surface area contributed by atoms with Crippen LogP contribution in [0.15, 0.2) is 30.3 Å². The van der Waals surface area contributed by atoms with Gasteiger partial charge in [0.25, 0.3) is 0 Å². The van der Waals surface area contributed by atoms with Gasteiger partial charge in [-0.05, 0) is 74.2 Å². The maximum Gasteiger partial charge on any atom is 0.216 e. The molecular weight excluding hydrogens is 306 g/mol. The van der Waals surface area contributed by atoms with Crippen LogP contribution in [0.4, 0.5) is 0 Å². The fourth-order valence-electron chi connectivity index (χ4n) is 5.94. The lowest BCUT2D eigenvalue weighted by molar-refractivity contribution is -0.0666. The Kier molecular flexibility index (Phi) is 3.80. The molecule has 5 rings (SSSR count). The van der Waals surface area contributed by atoms with Crippen LogP contribution in [0.3, 0.4) is 0 Å². The van der Waals surface area contributed by atoms with Crippen LogP contribution in [0.25, 0.3) is 0 Å². The molecule has 0 spiro atoms. The molecule has 4 heteroatoms. The highest BCUT2D eigenvalue weighted by Crippen LogP contribution is 2.61. The van der Waals surface area contributed by atoms with E-state index in [1.807, 2.05) is 30.3 Å². The van der Waals surface area contributed by atoms with Crippen molar-refractivity contribution in [1.29, 1.82) is 0 Å². The lowest BCUT2D eigenvalue weighted by Crippen LogP contribution is -2.55. The summed E-state index contributed by atoms with van der Waals surface area (Å²) in [5, 5.41) is 0. The Morgan fingerprint density at radius 1 is 1.04 bits per heavy atom. The van der Waals surface area contributed by atoms with Crippen molar-refractivity contribution in [1.82, 2.24) is 4.72 Å². The second-order valence-electron chi connectivity index (χ2n) is 8.36. The molecule has 0 heterocycles. The zero-order valence-electron chi connectivity index (χ0n) is 13.9. The normalized spacial score (nSPS) is 37.0. The van der Waals surface area contributed by atoms with Gasteiger partial charge < -0.3 is 0 Å². The summed E-state index contributed by atoms with van der Waals surface area (Å²) in [7, 11) is -3.28. The average molecular weight is 333 g/mol. The smallest absolute Gasteiger partial charge is 0.212 e. The van der Waals surface area contributed by atoms with Crippen molar-refractivity contribution in [3.63, 3.8) is 0 Å². The molecule has 1 atom stereocenters. The van der Waals surface area contributed by atoms with Crippen LogP contribution in [-0.2, 0) is 15.8 Å². The van der Waals surface area contributed by atoms with E-state index in [1.165, 1.54) is 38.5 Å². The summed E-state index contributed by atoms with van der Waals surface area (Å²) in [6, 6.07) is 9.54. The maximum absolute atomic E-state index is 12.6. The van der Waals surface area contributed by atoms with E-state index < -0.39 is 10.0 Å². The van der Waals surface area contributed by atoms with Gasteiger partial charge in [0.1, 0.15) is 0 Å². The van der Waals surface area contributed by atoms with Gasteiger partial charge in [0.2, 0.25) is 10.0 Å². The van der Waals surface area contributed by atoms with E-state index in [0.29, 0.717) is 0 Å². The molecule has 0 radical (unpaired) electrons. The lowest BCUT2D eigenvalue weighted by atomic mass is 9.48. The van der Waals surface area contributed by atoms with Crippen LogP contribution in [0, 0.1) is 23.2 Å². The lowest BCUT2D eigenvalue weighted by Gasteiger charge is -2.59. The van der Waals surface area contributed by atoms with Gasteiger partial charge in [-0.3, -0.25) is 0 Å². The largest absolute Gasteiger partial charge is 0.216 e. The fraction of sp³-hybridized carbons (Fsp3) is 0.684. The Morgan fingerprint density at radius 3 is 2.09 bits per heavy atom. The highest BCUT2D eigenvalue weighted by molar-refractivity contribution is 7.88. The van der Waals surface area contributed by atoms with Gasteiger partial charge in [-0.1, -0.05) is 30.3 Å². The molecule has 126 valence electrons. The molecule has 0 aromatic heterocycles. The van der Waals surface area contributed by atoms with Crippen LogP contribution in [0.5, 0.6) is 0 Å². The van der Waals surface area contributed by atoms with Gasteiger partial charge >= 0.3 is 0 Å². The van der Waals surface area contributed by atoms with Crippen molar-refractivity contribution < 1.29 is 8.42 Å². The van der Waals surface area contributed by atoms with Crippen molar-refractivity contribution in [2.45, 2.75) is 57.2 Å². The Balaban J connectivity index is 1.48. The molecule has 1 aromatic carbocycles. The molecule has 3 nitrogen and oxygen atoms in total. The van der Waals surface area contributed by atoms with Crippen molar-refractivity contribution in [2.75, 3.05) is 0 Å². The predicted octanol–water partition coefficient (Wildman–Crippen LogP) is 3.71. The van der Waals surface area contributed by atoms with E-state index in [2.05, 4.69) is 11.6 Å². The second-order valence-corrected chi connectivity index (χ2v) is 10.1. The topological polar surface area (TPSA) is 46.2 Å². The molecule has 4 fully saturated rings. The van der Waals surface area contributed by atoms with E-state index in [1.54, 1.807) is 0 Å². The second kappa shape index (κ2) is 5.59. The number of hydrogen-bond acceptors (Lipinski definition) is 2. The number of hydrogen-bond donors (Lipinski definition) is 1. The highest BCUT2D eigenvalue weighted by Gasteiger charge is 2.53. The Hall–Kier alpha value is -0.870. The first-order chi connectivity index (χ1) is 10.9. The molecule has 1 N–H and O–H groups in total. The maximum atomic E-state index is 12.6. The first kappa shape index (κ1) is 15.6. The molecule has 0 saturated heterocycles. The van der Waals surface area contributed by atoms with Crippen LogP contribution in [-0.4, -0.2) is 14.5 Å². The number of nitrogens with one attached hydrogen (secondary N) is 1. The highest BCUT2D eigenvalue weighted by atomic mass is 32.2. The van der Waals surface area contributed by atoms with Crippen molar-refractivity contribution in [3.8, 4) is 0 Å². The fourth-order valence-corrected chi connectivity index (χ4v) is 7.44. The van der Waals surface area contributed by atoms with Crippen molar-refractivity contribution in [2.24, 2.45) is 23.2 Å². The van der Waals surface area contributed by atoms with Gasteiger partial charge in [0, 0.05) is 6.04 Å². The monoisotopic (exact) mass is 333 g/mol. The van der Waals surface area contributed by atoms with E-state index in [9.17, 15) is 8.42 Å². The first-order valence-electron chi connectivity index (χ1n) is 8.98. The minimum Gasteiger partial charge on any atom is -0.212 e. The summed E-state index contributed by atoms with van der Waals surface area (Å²) in [6.07, 6.45) is 7.87. The van der Waals surface area contributed by atoms with Gasteiger partial charge in [0.05, 0.1) is 5.75 Å². The van der Waals surface area contributed by atoms with Gasteiger partial charge in [-0.15, -0.1) is 0 Å². The molecule has 0 unspecified atom stereocenters. The zero-order valence-corrected chi connectivity index (χ0v) is 14.7. The molecule has 23 heavy (non-hydrogen) atoms. The van der Waals surface area contributed by atoms with E-state index >= 15 is 0 Å². The Bertz CT molecular complexity index is 633. The van der Waals surface area contributed by atoms with E-state index in [4.69, 9.17) is 0 Å². The summed E-state index contributed by atoms with van der Waals surface area (Å²) in [5.74, 6) is 2.64. The third-order valence-electron chi connectivity index (χ3n) is 6.56. The molecule has 4 saturated carbocycles. The first-order valence-corrected chi connectivity index (χ1v) is 10.6. The predicted molar refractivity (Wildman–Crippen MR) is 92.3 cm³/mol. The summed E-state index contributed by atoms with van der Waals surface area (Å²) < 4.78 is 28.2. The molecule has 0 aliphatic heterocycles. The van der Waals surface area contributed by atoms with Crippen LogP contribution in [0.2, 0.25) is 0 Å². The third-order valence-corrected chi connectivity index (χ3v) is 7.99. The summed E-state index contributed by atoms with van der Waals surface area (Å²) in [5.41, 5.74) is 1.08. The zero-order chi connectivity index (χ0) is 16.1. The number of rotatable bonds is 5. The molecule has 1 aromatic rings. The number of benzene rings is 1. The van der Waals surface area contributed by atoms with Gasteiger partial charge in [-0.2, -0.15) is 0 Å². The van der Waals surface area contributed by atoms with E-state index in [0.717, 1.165) is 23.3 Å². The molecule has 0 amide bonds. The Morgan fingerprint density at radius 2 is 1.57 bits per heavy atom. The Labute approximate surface area is 139 Å². The van der Waals surface area contributed by atoms with Crippen molar-refractivity contribution in [3.05, 3.63) is 35.9 Å². The van der Waals surface area contributed by atoms with Crippen LogP contribution < -0.4 is 4.72 Å². The molecule has 4 aliphatic rings. The minimum absolute atomic E-state index is 0.0598. The van der Waals surface area contributed by atoms with Crippen LogP contribution >= 0.6 is 0 Å². The molecule has 4 aliphatic carbocycles. The van der Waals surface area contributed by atoms with Crippen molar-refractivity contribution >= 4 is 10.0 Å². The SMILES string of the molecule is C[C@@H](NS(=O)(=O)Cc1ccccc1)C12CC3CC(CC(C3)C1)C2. The summed E-state index contributed by atoms with van der Waals surface area (Å²) in [4.78, 5) is 0. The molecule has 4 bridgehead atoms. The standard InChI is InChI=1S/C19H27NO2S/c1-14(20-23(21,22)13-15-5-3-2-4-6-15)19-10-16-7-17(11-19)9-18(8-16)12-19/h2-6,14,16-18,20H,7-13H2,1H3/t14-,16?,17?,18?,19?/m1/s1. The van der Waals surface area contributed by atoms with E-state index in [-0.39, 0.29) is 17.2 Å². The minimum atomic E-state index is -3.28.